The normalized spacial score (nSPS) is 18.3. The molecule has 11 heavy (non-hydrogen) atoms. The highest BCUT2D eigenvalue weighted by molar-refractivity contribution is 7.80. The summed E-state index contributed by atoms with van der Waals surface area (Å²) in [4.78, 5) is 15.2. The highest BCUT2D eigenvalue weighted by Gasteiger charge is 2.38. The molecule has 0 radical (unpaired) electrons. The number of alkyl halides is 3. The van der Waals surface area contributed by atoms with Gasteiger partial charge in [-0.2, -0.15) is 0 Å². The van der Waals surface area contributed by atoms with Gasteiger partial charge < -0.3 is 0 Å². The highest BCUT2D eigenvalue weighted by Crippen LogP contribution is 2.32. The number of nitrogens with zero attached hydrogens (tertiary/aromatic N) is 2. The Morgan fingerprint density at radius 3 is 2.27 bits per heavy atom. The molecule has 7 heteroatoms. The average Bonchev–Trinajstić information content (AvgIpc) is 2.08. The fourth-order valence-corrected chi connectivity index (χ4v) is 1.47. The number of carbonyl (C=O) groups excluding carboxylic acids is 1. The molecule has 0 aromatic rings. The number of hydrogen-bond acceptors (Lipinski definition) is 2. The van der Waals surface area contributed by atoms with Crippen molar-refractivity contribution in [2.75, 3.05) is 0 Å². The number of rotatable bonds is 0. The second kappa shape index (κ2) is 2.86. The number of thiocarbonyl (C=S) groups is 1. The van der Waals surface area contributed by atoms with Gasteiger partial charge in [-0.3, -0.25) is 4.79 Å². The molecule has 1 aliphatic rings. The van der Waals surface area contributed by atoms with Gasteiger partial charge in [-0.25, -0.2) is 9.89 Å². The van der Waals surface area contributed by atoms with Crippen LogP contribution in [0.25, 0.3) is 0 Å². The smallest absolute Gasteiger partial charge is 0.267 e. The number of amides is 1. The summed E-state index contributed by atoms with van der Waals surface area (Å²) in [5.74, 6) is -0.519. The monoisotopic (exact) mass is 230 g/mol. The van der Waals surface area contributed by atoms with Crippen molar-refractivity contribution in [1.82, 2.24) is 4.90 Å². The van der Waals surface area contributed by atoms with Crippen molar-refractivity contribution in [3.63, 3.8) is 0 Å². The number of halogens is 3. The summed E-state index contributed by atoms with van der Waals surface area (Å²) < 4.78 is -1.84. The molecule has 1 aliphatic heterocycles. The lowest BCUT2D eigenvalue weighted by Crippen LogP contribution is -2.40. The van der Waals surface area contributed by atoms with Gasteiger partial charge in [-0.1, -0.05) is 34.8 Å². The number of carbonyl (C=O) groups is 1. The van der Waals surface area contributed by atoms with E-state index in [9.17, 15) is 4.79 Å². The van der Waals surface area contributed by atoms with Crippen molar-refractivity contribution < 1.29 is 4.79 Å². The SMILES string of the molecule is O=C1C=NC(=S)N1C(Cl)(Cl)Cl. The Hall–Kier alpha value is 0.1000. The van der Waals surface area contributed by atoms with Gasteiger partial charge in [0, 0.05) is 0 Å². The summed E-state index contributed by atoms with van der Waals surface area (Å²) in [7, 11) is 0. The first kappa shape index (κ1) is 9.19. The van der Waals surface area contributed by atoms with Crippen LogP contribution in [-0.2, 0) is 4.79 Å². The summed E-state index contributed by atoms with van der Waals surface area (Å²) in [6, 6.07) is 0. The molecule has 0 saturated carbocycles. The zero-order chi connectivity index (χ0) is 8.65. The lowest BCUT2D eigenvalue weighted by atomic mass is 10.6. The van der Waals surface area contributed by atoms with Crippen LogP contribution in [0.5, 0.6) is 0 Å². The second-order valence-corrected chi connectivity index (χ2v) is 4.27. The fourth-order valence-electron chi connectivity index (χ4n) is 0.554. The number of aliphatic imine (C=N–C) groups is 1. The summed E-state index contributed by atoms with van der Waals surface area (Å²) >= 11 is 20.8. The van der Waals surface area contributed by atoms with Crippen LogP contribution in [0.2, 0.25) is 0 Å². The van der Waals surface area contributed by atoms with Crippen LogP contribution in [0.3, 0.4) is 0 Å². The van der Waals surface area contributed by atoms with Crippen LogP contribution in [-0.4, -0.2) is 26.1 Å². The molecule has 0 aliphatic carbocycles. The minimum Gasteiger partial charge on any atom is -0.267 e. The predicted molar refractivity (Wildman–Crippen MR) is 48.2 cm³/mol. The van der Waals surface area contributed by atoms with Crippen LogP contribution < -0.4 is 0 Å². The molecule has 0 aromatic carbocycles. The molecule has 0 spiro atoms. The van der Waals surface area contributed by atoms with Crippen LogP contribution in [0.15, 0.2) is 4.99 Å². The van der Waals surface area contributed by atoms with Gasteiger partial charge >= 0.3 is 0 Å². The first-order valence-electron chi connectivity index (χ1n) is 2.42. The van der Waals surface area contributed by atoms with Gasteiger partial charge in [0.2, 0.25) is 5.11 Å². The molecular weight excluding hydrogens is 230 g/mol. The topological polar surface area (TPSA) is 32.7 Å². The molecule has 0 N–H and O–H groups in total. The van der Waals surface area contributed by atoms with E-state index in [0.717, 1.165) is 11.1 Å². The Balaban J connectivity index is 2.91. The third-order valence-electron chi connectivity index (χ3n) is 0.951. The van der Waals surface area contributed by atoms with E-state index < -0.39 is 9.82 Å². The zero-order valence-electron chi connectivity index (χ0n) is 4.92. The zero-order valence-corrected chi connectivity index (χ0v) is 8.01. The summed E-state index contributed by atoms with van der Waals surface area (Å²) in [6.45, 7) is 0. The molecule has 1 heterocycles. The van der Waals surface area contributed by atoms with Gasteiger partial charge in [0.25, 0.3) is 9.82 Å². The second-order valence-electron chi connectivity index (χ2n) is 1.68. The standard InChI is InChI=1S/C4HCl3N2OS/c5-4(6,7)9-2(10)1-8-3(9)11/h1H. The molecule has 1 amide bonds. The lowest BCUT2D eigenvalue weighted by Gasteiger charge is -2.22. The van der Waals surface area contributed by atoms with Gasteiger partial charge in [0.1, 0.15) is 0 Å². The first-order chi connectivity index (χ1) is 4.93. The third-order valence-corrected chi connectivity index (χ3v) is 1.75. The maximum atomic E-state index is 10.9. The molecule has 1 rings (SSSR count). The van der Waals surface area contributed by atoms with E-state index in [2.05, 4.69) is 17.2 Å². The van der Waals surface area contributed by atoms with E-state index in [0.29, 0.717) is 0 Å². The van der Waals surface area contributed by atoms with Crippen LogP contribution >= 0.6 is 47.0 Å². The number of hydrogen-bond donors (Lipinski definition) is 0. The minimum atomic E-state index is -1.84. The molecular formula is C4HCl3N2OS. The maximum absolute atomic E-state index is 10.9. The average molecular weight is 231 g/mol. The predicted octanol–water partition coefficient (Wildman–Crippen LogP) is 1.51. The van der Waals surface area contributed by atoms with Gasteiger partial charge in [0.15, 0.2) is 0 Å². The van der Waals surface area contributed by atoms with E-state index in [1.807, 2.05) is 0 Å². The Kier molecular flexibility index (Phi) is 2.39. The Bertz CT molecular complexity index is 228. The van der Waals surface area contributed by atoms with E-state index in [4.69, 9.17) is 34.8 Å². The summed E-state index contributed by atoms with van der Waals surface area (Å²) in [6.07, 6.45) is 1.00. The molecule has 0 bridgehead atoms. The Morgan fingerprint density at radius 1 is 1.55 bits per heavy atom. The van der Waals surface area contributed by atoms with Gasteiger partial charge in [-0.15, -0.1) is 0 Å². The highest BCUT2D eigenvalue weighted by atomic mass is 35.6. The van der Waals surface area contributed by atoms with Crippen LogP contribution in [0, 0.1) is 0 Å². The van der Waals surface area contributed by atoms with Crippen LogP contribution in [0.1, 0.15) is 0 Å². The quantitative estimate of drug-likeness (QED) is 0.360. The van der Waals surface area contributed by atoms with E-state index in [1.54, 1.807) is 0 Å². The Morgan fingerprint density at radius 2 is 2.09 bits per heavy atom. The molecule has 0 atom stereocenters. The lowest BCUT2D eigenvalue weighted by molar-refractivity contribution is -0.119. The van der Waals surface area contributed by atoms with E-state index >= 15 is 0 Å². The van der Waals surface area contributed by atoms with Crippen molar-refractivity contribution in [3.8, 4) is 0 Å². The van der Waals surface area contributed by atoms with E-state index in [-0.39, 0.29) is 5.11 Å². The third kappa shape index (κ3) is 1.82. The first-order valence-corrected chi connectivity index (χ1v) is 3.96. The van der Waals surface area contributed by atoms with Crippen LogP contribution in [0.4, 0.5) is 0 Å². The van der Waals surface area contributed by atoms with Gasteiger partial charge in [0.05, 0.1) is 6.21 Å². The van der Waals surface area contributed by atoms with Crippen molar-refractivity contribution in [2.45, 2.75) is 3.92 Å². The molecule has 0 unspecified atom stereocenters. The maximum Gasteiger partial charge on any atom is 0.276 e. The Labute approximate surface area is 82.9 Å². The molecule has 0 saturated heterocycles. The van der Waals surface area contributed by atoms with Crippen molar-refractivity contribution in [2.24, 2.45) is 4.99 Å². The fraction of sp³-hybridized carbons (Fsp3) is 0.250. The van der Waals surface area contributed by atoms with Crippen molar-refractivity contribution in [3.05, 3.63) is 0 Å². The molecule has 0 aromatic heterocycles. The molecule has 60 valence electrons. The minimum absolute atomic E-state index is 0.0324. The van der Waals surface area contributed by atoms with Gasteiger partial charge in [-0.05, 0) is 12.2 Å². The molecule has 3 nitrogen and oxygen atoms in total. The van der Waals surface area contributed by atoms with Crippen molar-refractivity contribution >= 4 is 64.3 Å². The van der Waals surface area contributed by atoms with E-state index in [1.165, 1.54) is 0 Å². The molecule has 0 fully saturated rings. The van der Waals surface area contributed by atoms with Crippen molar-refractivity contribution in [1.29, 1.82) is 0 Å². The summed E-state index contributed by atoms with van der Waals surface area (Å²) in [5, 5.41) is -0.0324. The largest absolute Gasteiger partial charge is 0.276 e. The summed E-state index contributed by atoms with van der Waals surface area (Å²) in [5.41, 5.74) is 0.